The number of benzene rings is 1. The Kier molecular flexibility index (Phi) is 6.77. The SMILES string of the molecule is O=C(N[C@H]1CCN2CCOc3ccccc3C3CCC(CC3)OC[C@@H]12)[C@H]1CCCOC1. The highest BCUT2D eigenvalue weighted by molar-refractivity contribution is 5.79. The molecule has 3 atom stereocenters. The van der Waals surface area contributed by atoms with Crippen LogP contribution in [0.2, 0.25) is 0 Å². The monoisotopic (exact) mass is 428 g/mol. The summed E-state index contributed by atoms with van der Waals surface area (Å²) in [4.78, 5) is 15.3. The van der Waals surface area contributed by atoms with Crippen LogP contribution < -0.4 is 10.1 Å². The summed E-state index contributed by atoms with van der Waals surface area (Å²) in [7, 11) is 0. The second-order valence-corrected chi connectivity index (χ2v) is 9.61. The molecule has 1 N–H and O–H groups in total. The molecule has 170 valence electrons. The maximum absolute atomic E-state index is 12.8. The summed E-state index contributed by atoms with van der Waals surface area (Å²) in [5, 5.41) is 3.35. The summed E-state index contributed by atoms with van der Waals surface area (Å²) in [6.07, 6.45) is 7.71. The first-order valence-electron chi connectivity index (χ1n) is 12.2. The quantitative estimate of drug-likeness (QED) is 0.784. The number of hydrogen-bond donors (Lipinski definition) is 1. The van der Waals surface area contributed by atoms with Gasteiger partial charge in [0, 0.05) is 25.7 Å². The molecule has 1 aromatic carbocycles. The zero-order valence-electron chi connectivity index (χ0n) is 18.5. The number of hydrogen-bond acceptors (Lipinski definition) is 5. The summed E-state index contributed by atoms with van der Waals surface area (Å²) in [6, 6.07) is 8.91. The van der Waals surface area contributed by atoms with Crippen molar-refractivity contribution >= 4 is 5.91 Å². The lowest BCUT2D eigenvalue weighted by Crippen LogP contribution is -2.50. The first-order valence-corrected chi connectivity index (χ1v) is 12.2. The molecule has 0 unspecified atom stereocenters. The molecule has 2 bridgehead atoms. The van der Waals surface area contributed by atoms with Gasteiger partial charge in [0.05, 0.1) is 31.3 Å². The molecule has 31 heavy (non-hydrogen) atoms. The van der Waals surface area contributed by atoms with Crippen molar-refractivity contribution in [3.8, 4) is 5.75 Å². The van der Waals surface area contributed by atoms with Gasteiger partial charge in [0.15, 0.2) is 0 Å². The van der Waals surface area contributed by atoms with Crippen LogP contribution in [0, 0.1) is 5.92 Å². The zero-order valence-corrected chi connectivity index (χ0v) is 18.5. The Hall–Kier alpha value is -1.63. The van der Waals surface area contributed by atoms with Gasteiger partial charge in [0.2, 0.25) is 5.91 Å². The lowest BCUT2D eigenvalue weighted by atomic mass is 9.82. The average molecular weight is 429 g/mol. The third-order valence-corrected chi connectivity index (χ3v) is 7.69. The fraction of sp³-hybridized carbons (Fsp3) is 0.720. The minimum absolute atomic E-state index is 0.00594. The van der Waals surface area contributed by atoms with Crippen molar-refractivity contribution in [3.05, 3.63) is 29.8 Å². The van der Waals surface area contributed by atoms with E-state index >= 15 is 0 Å². The van der Waals surface area contributed by atoms with Gasteiger partial charge in [0.25, 0.3) is 0 Å². The highest BCUT2D eigenvalue weighted by Gasteiger charge is 2.37. The highest BCUT2D eigenvalue weighted by atomic mass is 16.5. The Morgan fingerprint density at radius 1 is 0.968 bits per heavy atom. The van der Waals surface area contributed by atoms with Crippen molar-refractivity contribution in [2.24, 2.45) is 5.92 Å². The van der Waals surface area contributed by atoms with Gasteiger partial charge in [-0.05, 0) is 62.5 Å². The molecule has 0 spiro atoms. The topological polar surface area (TPSA) is 60.0 Å². The fourth-order valence-corrected chi connectivity index (χ4v) is 5.83. The van der Waals surface area contributed by atoms with Gasteiger partial charge >= 0.3 is 0 Å². The number of fused-ring (bicyclic) bond motifs is 5. The molecule has 4 aliphatic heterocycles. The molecule has 2 saturated heterocycles. The maximum atomic E-state index is 12.8. The summed E-state index contributed by atoms with van der Waals surface area (Å²) < 4.78 is 18.3. The predicted octanol–water partition coefficient (Wildman–Crippen LogP) is 3.11. The molecular formula is C25H36N2O4. The van der Waals surface area contributed by atoms with Crippen molar-refractivity contribution in [3.63, 3.8) is 0 Å². The number of rotatable bonds is 2. The Labute approximate surface area is 185 Å². The van der Waals surface area contributed by atoms with Crippen molar-refractivity contribution in [1.82, 2.24) is 10.2 Å². The molecular weight excluding hydrogens is 392 g/mol. The van der Waals surface area contributed by atoms with Crippen LogP contribution in [-0.2, 0) is 14.3 Å². The van der Waals surface area contributed by atoms with E-state index in [9.17, 15) is 4.79 Å². The van der Waals surface area contributed by atoms with Crippen molar-refractivity contribution < 1.29 is 19.0 Å². The van der Waals surface area contributed by atoms with E-state index in [4.69, 9.17) is 14.2 Å². The Morgan fingerprint density at radius 3 is 2.68 bits per heavy atom. The Balaban J connectivity index is 1.28. The maximum Gasteiger partial charge on any atom is 0.225 e. The molecule has 0 aromatic heterocycles. The minimum Gasteiger partial charge on any atom is -0.492 e. The first-order chi connectivity index (χ1) is 15.3. The number of nitrogens with one attached hydrogen (secondary N) is 1. The number of para-hydroxylation sites is 1. The lowest BCUT2D eigenvalue weighted by molar-refractivity contribution is -0.130. The molecule has 6 heteroatoms. The number of nitrogens with zero attached hydrogens (tertiary/aromatic N) is 1. The average Bonchev–Trinajstić information content (AvgIpc) is 3.20. The van der Waals surface area contributed by atoms with Crippen molar-refractivity contribution in [1.29, 1.82) is 0 Å². The molecule has 1 aromatic rings. The first kappa shape index (κ1) is 21.2. The van der Waals surface area contributed by atoms with E-state index in [-0.39, 0.29) is 23.9 Å². The molecule has 1 aliphatic carbocycles. The molecule has 3 fully saturated rings. The largest absolute Gasteiger partial charge is 0.492 e. The van der Waals surface area contributed by atoms with E-state index in [0.29, 0.717) is 31.8 Å². The Bertz CT molecular complexity index is 743. The van der Waals surface area contributed by atoms with Crippen LogP contribution in [0.4, 0.5) is 0 Å². The van der Waals surface area contributed by atoms with Crippen LogP contribution in [0.1, 0.15) is 56.4 Å². The smallest absolute Gasteiger partial charge is 0.225 e. The Morgan fingerprint density at radius 2 is 1.84 bits per heavy atom. The molecule has 1 amide bonds. The number of carbonyl (C=O) groups excluding carboxylic acids is 1. The highest BCUT2D eigenvalue weighted by Crippen LogP contribution is 2.38. The van der Waals surface area contributed by atoms with Gasteiger partial charge in [-0.25, -0.2) is 0 Å². The summed E-state index contributed by atoms with van der Waals surface area (Å²) in [6.45, 7) is 4.52. The van der Waals surface area contributed by atoms with Crippen LogP contribution in [0.5, 0.6) is 5.75 Å². The molecule has 5 aliphatic rings. The molecule has 0 radical (unpaired) electrons. The molecule has 6 nitrogen and oxygen atoms in total. The van der Waals surface area contributed by atoms with Gasteiger partial charge in [0.1, 0.15) is 12.4 Å². The summed E-state index contributed by atoms with van der Waals surface area (Å²) in [5.41, 5.74) is 1.36. The number of ether oxygens (including phenoxy) is 3. The zero-order chi connectivity index (χ0) is 21.0. The van der Waals surface area contributed by atoms with Crippen molar-refractivity contribution in [2.75, 3.05) is 39.5 Å². The van der Waals surface area contributed by atoms with Gasteiger partial charge in [-0.3, -0.25) is 9.69 Å². The predicted molar refractivity (Wildman–Crippen MR) is 118 cm³/mol. The van der Waals surface area contributed by atoms with Gasteiger partial charge in [-0.2, -0.15) is 0 Å². The molecule has 6 rings (SSSR count). The summed E-state index contributed by atoms with van der Waals surface area (Å²) >= 11 is 0. The van der Waals surface area contributed by atoms with E-state index in [1.165, 1.54) is 5.56 Å². The molecule has 1 saturated carbocycles. The number of amides is 1. The van der Waals surface area contributed by atoms with E-state index in [0.717, 1.165) is 70.4 Å². The van der Waals surface area contributed by atoms with Crippen LogP contribution in [0.15, 0.2) is 24.3 Å². The van der Waals surface area contributed by atoms with Crippen LogP contribution in [-0.4, -0.2) is 68.5 Å². The normalized spacial score (nSPS) is 34.4. The van der Waals surface area contributed by atoms with Gasteiger partial charge in [-0.1, -0.05) is 18.2 Å². The fourth-order valence-electron chi connectivity index (χ4n) is 5.83. The van der Waals surface area contributed by atoms with Crippen LogP contribution >= 0.6 is 0 Å². The standard InChI is InChI=1S/C25H36N2O4/c28-25(19-4-3-14-29-16-19)26-22-11-12-27-13-15-30-24-6-2-1-5-21(24)18-7-9-20(10-8-18)31-17-23(22)27/h1-2,5-6,18-20,22-23H,3-4,7-17H2,(H,26,28)/t18?,19-,20?,22-,23-/m0/s1. The van der Waals surface area contributed by atoms with E-state index in [1.807, 2.05) is 0 Å². The van der Waals surface area contributed by atoms with E-state index in [2.05, 4.69) is 34.5 Å². The van der Waals surface area contributed by atoms with Crippen LogP contribution in [0.25, 0.3) is 0 Å². The van der Waals surface area contributed by atoms with E-state index in [1.54, 1.807) is 0 Å². The van der Waals surface area contributed by atoms with Crippen LogP contribution in [0.3, 0.4) is 0 Å². The second-order valence-electron chi connectivity index (χ2n) is 9.61. The number of carbonyl (C=O) groups is 1. The third-order valence-electron chi connectivity index (χ3n) is 7.69. The van der Waals surface area contributed by atoms with Crippen molar-refractivity contribution in [2.45, 2.75) is 69.1 Å². The molecule has 4 heterocycles. The van der Waals surface area contributed by atoms with Gasteiger partial charge in [-0.15, -0.1) is 0 Å². The second kappa shape index (κ2) is 9.88. The minimum atomic E-state index is -0.00594. The third kappa shape index (κ3) is 4.91. The lowest BCUT2D eigenvalue weighted by Gasteiger charge is -2.33. The van der Waals surface area contributed by atoms with Gasteiger partial charge < -0.3 is 19.5 Å². The van der Waals surface area contributed by atoms with E-state index < -0.39 is 0 Å². The summed E-state index contributed by atoms with van der Waals surface area (Å²) in [5.74, 6) is 1.76.